The van der Waals surface area contributed by atoms with E-state index in [1.54, 1.807) is 6.92 Å². The number of rotatable bonds is 6. The Labute approximate surface area is 93.4 Å². The Kier molecular flexibility index (Phi) is 5.85. The highest BCUT2D eigenvalue weighted by Crippen LogP contribution is 2.27. The van der Waals surface area contributed by atoms with Crippen LogP contribution in [0.4, 0.5) is 13.2 Å². The molecule has 96 valence electrons. The van der Waals surface area contributed by atoms with Crippen LogP contribution in [0.5, 0.6) is 0 Å². The molecule has 16 heavy (non-hydrogen) atoms. The van der Waals surface area contributed by atoms with Crippen molar-refractivity contribution in [1.82, 2.24) is 0 Å². The summed E-state index contributed by atoms with van der Waals surface area (Å²) in [6.45, 7) is 3.56. The van der Waals surface area contributed by atoms with E-state index in [-0.39, 0.29) is 12.2 Å². The maximum absolute atomic E-state index is 12.0. The third-order valence-electron chi connectivity index (χ3n) is 1.66. The van der Waals surface area contributed by atoms with E-state index >= 15 is 0 Å². The Bertz CT molecular complexity index is 330. The fourth-order valence-corrected chi connectivity index (χ4v) is 1.45. The monoisotopic (exact) mass is 260 g/mol. The summed E-state index contributed by atoms with van der Waals surface area (Å²) >= 11 is 0. The molecule has 0 aromatic rings. The molecule has 0 aliphatic rings. The predicted molar refractivity (Wildman–Crippen MR) is 54.0 cm³/mol. The van der Waals surface area contributed by atoms with E-state index in [1.807, 2.05) is 6.92 Å². The molecule has 0 aliphatic carbocycles. The van der Waals surface area contributed by atoms with Gasteiger partial charge in [0.2, 0.25) is 0 Å². The summed E-state index contributed by atoms with van der Waals surface area (Å²) in [5.41, 5.74) is -5.37. The highest BCUT2D eigenvalue weighted by molar-refractivity contribution is 7.87. The predicted octanol–water partition coefficient (Wildman–Crippen LogP) is 3.34. The Morgan fingerprint density at radius 3 is 2.19 bits per heavy atom. The van der Waals surface area contributed by atoms with Gasteiger partial charge in [0.05, 0.1) is 0 Å². The van der Waals surface area contributed by atoms with E-state index in [4.69, 9.17) is 0 Å². The molecule has 0 aliphatic heterocycles. The summed E-state index contributed by atoms with van der Waals surface area (Å²) in [5.74, 6) is -0.137. The molecule has 0 saturated heterocycles. The van der Waals surface area contributed by atoms with Gasteiger partial charge in [-0.25, -0.2) is 0 Å². The molecule has 0 bridgehead atoms. The van der Waals surface area contributed by atoms with Crippen LogP contribution < -0.4 is 0 Å². The second-order valence-corrected chi connectivity index (χ2v) is 4.73. The fourth-order valence-electron chi connectivity index (χ4n) is 0.918. The van der Waals surface area contributed by atoms with Crippen molar-refractivity contribution in [3.05, 3.63) is 11.8 Å². The zero-order valence-electron chi connectivity index (χ0n) is 9.17. The minimum absolute atomic E-state index is 0.137. The molecule has 0 heterocycles. The van der Waals surface area contributed by atoms with Gasteiger partial charge in [-0.05, 0) is 18.9 Å². The van der Waals surface area contributed by atoms with E-state index in [2.05, 4.69) is 4.18 Å². The van der Waals surface area contributed by atoms with Gasteiger partial charge in [-0.3, -0.25) is 0 Å². The molecule has 0 N–H and O–H groups in total. The fraction of sp³-hybridized carbons (Fsp3) is 0.778. The largest absolute Gasteiger partial charge is 0.534 e. The number of hydrogen-bond donors (Lipinski definition) is 0. The van der Waals surface area contributed by atoms with Gasteiger partial charge in [0.1, 0.15) is 5.76 Å². The molecular formula is C9H15F3O3S. The van der Waals surface area contributed by atoms with Crippen LogP contribution in [0.1, 0.15) is 39.5 Å². The average molecular weight is 260 g/mol. The first kappa shape index (κ1) is 15.3. The summed E-state index contributed by atoms with van der Waals surface area (Å²) in [6.07, 6.45) is 3.27. The Morgan fingerprint density at radius 2 is 1.81 bits per heavy atom. The van der Waals surface area contributed by atoms with Crippen molar-refractivity contribution in [3.63, 3.8) is 0 Å². The maximum Gasteiger partial charge on any atom is 0.534 e. The van der Waals surface area contributed by atoms with Crippen molar-refractivity contribution in [2.75, 3.05) is 0 Å². The lowest BCUT2D eigenvalue weighted by Gasteiger charge is -2.11. The van der Waals surface area contributed by atoms with Gasteiger partial charge in [-0.15, -0.1) is 0 Å². The zero-order valence-corrected chi connectivity index (χ0v) is 9.99. The molecule has 0 amide bonds. The van der Waals surface area contributed by atoms with Crippen molar-refractivity contribution in [3.8, 4) is 0 Å². The molecule has 0 spiro atoms. The Balaban J connectivity index is 4.77. The van der Waals surface area contributed by atoms with Crippen molar-refractivity contribution in [2.45, 2.75) is 45.0 Å². The first-order valence-electron chi connectivity index (χ1n) is 4.94. The van der Waals surface area contributed by atoms with Crippen LogP contribution in [0, 0.1) is 0 Å². The zero-order chi connectivity index (χ0) is 12.8. The number of unbranched alkanes of at least 4 members (excludes halogenated alkanes) is 1. The van der Waals surface area contributed by atoms with Crippen LogP contribution >= 0.6 is 0 Å². The van der Waals surface area contributed by atoms with E-state index < -0.39 is 15.6 Å². The van der Waals surface area contributed by atoms with Gasteiger partial charge in [0, 0.05) is 6.42 Å². The normalized spacial score (nSPS) is 13.9. The van der Waals surface area contributed by atoms with Crippen molar-refractivity contribution in [1.29, 1.82) is 0 Å². The van der Waals surface area contributed by atoms with Crippen LogP contribution in [0.25, 0.3) is 0 Å². The number of halogens is 3. The summed E-state index contributed by atoms with van der Waals surface area (Å²) in [7, 11) is -5.52. The van der Waals surface area contributed by atoms with Crippen molar-refractivity contribution >= 4 is 10.1 Å². The van der Waals surface area contributed by atoms with Crippen LogP contribution in [0.2, 0.25) is 0 Å². The number of alkyl halides is 3. The molecule has 0 rings (SSSR count). The summed E-state index contributed by atoms with van der Waals surface area (Å²) in [4.78, 5) is 0. The highest BCUT2D eigenvalue weighted by Gasteiger charge is 2.48. The van der Waals surface area contributed by atoms with E-state index in [0.717, 1.165) is 0 Å². The van der Waals surface area contributed by atoms with Crippen LogP contribution in [0.15, 0.2) is 11.8 Å². The first-order valence-corrected chi connectivity index (χ1v) is 6.35. The standard InChI is InChI=1S/C9H15F3O3S/c1-3-5-7-8(6-4-2)15-16(13,14)9(10,11)12/h7H,3-6H2,1-2H3/b8-7-. The average Bonchev–Trinajstić information content (AvgIpc) is 2.12. The molecule has 7 heteroatoms. The third kappa shape index (κ3) is 4.87. The second-order valence-electron chi connectivity index (χ2n) is 3.19. The van der Waals surface area contributed by atoms with Crippen LogP contribution in [-0.4, -0.2) is 13.9 Å². The molecule has 0 aromatic carbocycles. The number of hydrogen-bond acceptors (Lipinski definition) is 3. The lowest BCUT2D eigenvalue weighted by Crippen LogP contribution is -2.25. The minimum atomic E-state index is -5.52. The van der Waals surface area contributed by atoms with Gasteiger partial charge >= 0.3 is 15.6 Å². The summed E-state index contributed by atoms with van der Waals surface area (Å²) < 4.78 is 61.5. The number of allylic oxidation sites excluding steroid dienone is 2. The van der Waals surface area contributed by atoms with Crippen molar-refractivity contribution in [2.24, 2.45) is 0 Å². The quantitative estimate of drug-likeness (QED) is 0.418. The van der Waals surface area contributed by atoms with Crippen LogP contribution in [-0.2, 0) is 14.3 Å². The topological polar surface area (TPSA) is 43.4 Å². The molecule has 0 unspecified atom stereocenters. The van der Waals surface area contributed by atoms with E-state index in [0.29, 0.717) is 19.3 Å². The highest BCUT2D eigenvalue weighted by atomic mass is 32.2. The first-order chi connectivity index (χ1) is 7.24. The van der Waals surface area contributed by atoms with Gasteiger partial charge in [-0.1, -0.05) is 20.3 Å². The molecular weight excluding hydrogens is 245 g/mol. The van der Waals surface area contributed by atoms with Gasteiger partial charge < -0.3 is 4.18 Å². The van der Waals surface area contributed by atoms with E-state index in [1.165, 1.54) is 6.08 Å². The third-order valence-corrected chi connectivity index (χ3v) is 2.66. The molecule has 0 atom stereocenters. The summed E-state index contributed by atoms with van der Waals surface area (Å²) in [6, 6.07) is 0. The van der Waals surface area contributed by atoms with Gasteiger partial charge in [0.15, 0.2) is 0 Å². The molecule has 0 radical (unpaired) electrons. The lowest BCUT2D eigenvalue weighted by atomic mass is 10.2. The van der Waals surface area contributed by atoms with Gasteiger partial charge in [-0.2, -0.15) is 21.6 Å². The minimum Gasteiger partial charge on any atom is -0.381 e. The Hall–Kier alpha value is -0.720. The maximum atomic E-state index is 12.0. The molecule has 0 fully saturated rings. The van der Waals surface area contributed by atoms with Gasteiger partial charge in [0.25, 0.3) is 0 Å². The second kappa shape index (κ2) is 6.12. The Morgan fingerprint density at radius 1 is 1.25 bits per heavy atom. The lowest BCUT2D eigenvalue weighted by molar-refractivity contribution is -0.0523. The smallest absolute Gasteiger partial charge is 0.381 e. The van der Waals surface area contributed by atoms with Crippen molar-refractivity contribution < 1.29 is 25.8 Å². The van der Waals surface area contributed by atoms with Crippen LogP contribution in [0.3, 0.4) is 0 Å². The summed E-state index contributed by atoms with van der Waals surface area (Å²) in [5, 5.41) is 0. The molecule has 3 nitrogen and oxygen atoms in total. The molecule has 0 aromatic heterocycles. The SMILES string of the molecule is CCC/C=C(/CCC)OS(=O)(=O)C(F)(F)F. The van der Waals surface area contributed by atoms with E-state index in [9.17, 15) is 21.6 Å². The molecule has 0 saturated carbocycles.